The number of alkyl halides is 3. The number of rotatable bonds is 4. The standard InChI is InChI=1S/C13H23F3N2O/c1-3-12(17,4-2)11(19)18-10-8-6-5-7-9(10)13(14,15)16/h9-10H,3-8,17H2,1-2H3,(H,18,19). The molecule has 0 bridgehead atoms. The number of amides is 1. The van der Waals surface area contributed by atoms with Gasteiger partial charge in [-0.3, -0.25) is 4.79 Å². The van der Waals surface area contributed by atoms with E-state index < -0.39 is 29.6 Å². The number of nitrogens with two attached hydrogens (primary N) is 1. The van der Waals surface area contributed by atoms with Crippen molar-refractivity contribution < 1.29 is 18.0 Å². The zero-order valence-corrected chi connectivity index (χ0v) is 11.5. The number of carbonyl (C=O) groups is 1. The highest BCUT2D eigenvalue weighted by Crippen LogP contribution is 2.37. The Labute approximate surface area is 112 Å². The van der Waals surface area contributed by atoms with Crippen molar-refractivity contribution in [1.82, 2.24) is 5.32 Å². The lowest BCUT2D eigenvalue weighted by Gasteiger charge is -2.36. The Hall–Kier alpha value is -0.780. The largest absolute Gasteiger partial charge is 0.393 e. The lowest BCUT2D eigenvalue weighted by Crippen LogP contribution is -2.58. The van der Waals surface area contributed by atoms with Gasteiger partial charge < -0.3 is 11.1 Å². The molecule has 0 aliphatic heterocycles. The second-order valence-corrected chi connectivity index (χ2v) is 5.38. The lowest BCUT2D eigenvalue weighted by molar-refractivity contribution is -0.189. The highest BCUT2D eigenvalue weighted by molar-refractivity contribution is 5.86. The second-order valence-electron chi connectivity index (χ2n) is 5.38. The van der Waals surface area contributed by atoms with Gasteiger partial charge in [0, 0.05) is 6.04 Å². The molecule has 1 amide bonds. The summed E-state index contributed by atoms with van der Waals surface area (Å²) in [5.74, 6) is -1.90. The van der Waals surface area contributed by atoms with Crippen LogP contribution in [0.3, 0.4) is 0 Å². The molecule has 112 valence electrons. The van der Waals surface area contributed by atoms with Crippen LogP contribution < -0.4 is 11.1 Å². The zero-order valence-electron chi connectivity index (χ0n) is 11.5. The van der Waals surface area contributed by atoms with Gasteiger partial charge in [0.05, 0.1) is 11.5 Å². The first-order valence-corrected chi connectivity index (χ1v) is 6.91. The summed E-state index contributed by atoms with van der Waals surface area (Å²) in [6.07, 6.45) is -1.69. The number of carbonyl (C=O) groups excluding carboxylic acids is 1. The minimum atomic E-state index is -4.26. The molecular weight excluding hydrogens is 257 g/mol. The molecule has 1 fully saturated rings. The third-order valence-electron chi connectivity index (χ3n) is 4.22. The Kier molecular flexibility index (Phi) is 5.24. The summed E-state index contributed by atoms with van der Waals surface area (Å²) in [6, 6.07) is -0.831. The van der Waals surface area contributed by atoms with E-state index in [1.54, 1.807) is 13.8 Å². The van der Waals surface area contributed by atoms with Crippen LogP contribution in [0.4, 0.5) is 13.2 Å². The van der Waals surface area contributed by atoms with E-state index in [1.807, 2.05) is 0 Å². The van der Waals surface area contributed by atoms with Gasteiger partial charge in [0.15, 0.2) is 0 Å². The maximum absolute atomic E-state index is 12.9. The maximum Gasteiger partial charge on any atom is 0.393 e. The highest BCUT2D eigenvalue weighted by Gasteiger charge is 2.46. The summed E-state index contributed by atoms with van der Waals surface area (Å²) >= 11 is 0. The third-order valence-corrected chi connectivity index (χ3v) is 4.22. The molecule has 19 heavy (non-hydrogen) atoms. The number of halogens is 3. The van der Waals surface area contributed by atoms with E-state index in [2.05, 4.69) is 5.32 Å². The van der Waals surface area contributed by atoms with E-state index in [1.165, 1.54) is 0 Å². The van der Waals surface area contributed by atoms with Crippen molar-refractivity contribution in [3.8, 4) is 0 Å². The molecule has 0 heterocycles. The Morgan fingerprint density at radius 1 is 1.21 bits per heavy atom. The molecule has 0 aromatic rings. The minimum Gasteiger partial charge on any atom is -0.351 e. The van der Waals surface area contributed by atoms with Crippen LogP contribution in [-0.2, 0) is 4.79 Å². The SMILES string of the molecule is CCC(N)(CC)C(=O)NC1CCCCC1C(F)(F)F. The van der Waals surface area contributed by atoms with Crippen LogP contribution in [0.5, 0.6) is 0 Å². The van der Waals surface area contributed by atoms with Crippen LogP contribution in [-0.4, -0.2) is 23.7 Å². The average Bonchev–Trinajstić information content (AvgIpc) is 2.37. The van der Waals surface area contributed by atoms with Gasteiger partial charge in [-0.15, -0.1) is 0 Å². The summed E-state index contributed by atoms with van der Waals surface area (Å²) in [6.45, 7) is 3.54. The maximum atomic E-state index is 12.9. The van der Waals surface area contributed by atoms with Gasteiger partial charge >= 0.3 is 6.18 Å². The number of hydrogen-bond acceptors (Lipinski definition) is 2. The van der Waals surface area contributed by atoms with Gasteiger partial charge in [-0.1, -0.05) is 26.7 Å². The first-order chi connectivity index (χ1) is 8.74. The van der Waals surface area contributed by atoms with E-state index >= 15 is 0 Å². The Bertz CT molecular complexity index is 314. The molecule has 3 N–H and O–H groups in total. The quantitative estimate of drug-likeness (QED) is 0.832. The first kappa shape index (κ1) is 16.3. The second kappa shape index (κ2) is 6.11. The van der Waals surface area contributed by atoms with Gasteiger partial charge in [-0.2, -0.15) is 13.2 Å². The van der Waals surface area contributed by atoms with E-state index in [-0.39, 0.29) is 6.42 Å². The van der Waals surface area contributed by atoms with Crippen LogP contribution >= 0.6 is 0 Å². The Balaban J connectivity index is 2.75. The van der Waals surface area contributed by atoms with Crippen molar-refractivity contribution in [2.75, 3.05) is 0 Å². The topological polar surface area (TPSA) is 55.1 Å². The van der Waals surface area contributed by atoms with E-state index in [9.17, 15) is 18.0 Å². The molecule has 1 saturated carbocycles. The van der Waals surface area contributed by atoms with Crippen LogP contribution in [0.2, 0.25) is 0 Å². The monoisotopic (exact) mass is 280 g/mol. The molecular formula is C13H23F3N2O. The molecule has 2 unspecified atom stereocenters. The van der Waals surface area contributed by atoms with Crippen molar-refractivity contribution in [2.24, 2.45) is 11.7 Å². The fourth-order valence-corrected chi connectivity index (χ4v) is 2.58. The molecule has 1 rings (SSSR count). The van der Waals surface area contributed by atoms with Crippen LogP contribution in [0.25, 0.3) is 0 Å². The minimum absolute atomic E-state index is 0.0876. The predicted molar refractivity (Wildman–Crippen MR) is 67.4 cm³/mol. The third kappa shape index (κ3) is 3.84. The Morgan fingerprint density at radius 2 is 1.74 bits per heavy atom. The lowest BCUT2D eigenvalue weighted by atomic mass is 9.83. The summed E-state index contributed by atoms with van der Waals surface area (Å²) in [5.41, 5.74) is 4.86. The number of nitrogens with one attached hydrogen (secondary N) is 1. The van der Waals surface area contributed by atoms with Gasteiger partial charge in [-0.05, 0) is 25.7 Å². The van der Waals surface area contributed by atoms with Crippen molar-refractivity contribution in [1.29, 1.82) is 0 Å². The molecule has 1 aliphatic carbocycles. The molecule has 0 aromatic heterocycles. The fourth-order valence-electron chi connectivity index (χ4n) is 2.58. The molecule has 0 saturated heterocycles. The molecule has 1 aliphatic rings. The fraction of sp³-hybridized carbons (Fsp3) is 0.923. The molecule has 0 aromatic carbocycles. The first-order valence-electron chi connectivity index (χ1n) is 6.91. The summed E-state index contributed by atoms with van der Waals surface area (Å²) in [7, 11) is 0. The average molecular weight is 280 g/mol. The van der Waals surface area contributed by atoms with Crippen molar-refractivity contribution in [3.63, 3.8) is 0 Å². The van der Waals surface area contributed by atoms with Crippen LogP contribution in [0, 0.1) is 5.92 Å². The number of hydrogen-bond donors (Lipinski definition) is 2. The molecule has 2 atom stereocenters. The smallest absolute Gasteiger partial charge is 0.351 e. The summed E-state index contributed by atoms with van der Waals surface area (Å²) in [5, 5.41) is 2.53. The normalized spacial score (nSPS) is 25.2. The van der Waals surface area contributed by atoms with E-state index in [0.29, 0.717) is 32.1 Å². The molecule has 0 radical (unpaired) electrons. The van der Waals surface area contributed by atoms with Gasteiger partial charge in [0.2, 0.25) is 5.91 Å². The molecule has 0 spiro atoms. The zero-order chi connectivity index (χ0) is 14.7. The van der Waals surface area contributed by atoms with Gasteiger partial charge in [0.1, 0.15) is 0 Å². The molecule has 3 nitrogen and oxygen atoms in total. The van der Waals surface area contributed by atoms with Crippen molar-refractivity contribution in [2.45, 2.75) is 70.1 Å². The summed E-state index contributed by atoms with van der Waals surface area (Å²) in [4.78, 5) is 12.1. The highest BCUT2D eigenvalue weighted by atomic mass is 19.4. The van der Waals surface area contributed by atoms with Crippen LogP contribution in [0.15, 0.2) is 0 Å². The van der Waals surface area contributed by atoms with E-state index in [4.69, 9.17) is 5.73 Å². The van der Waals surface area contributed by atoms with Crippen molar-refractivity contribution in [3.05, 3.63) is 0 Å². The van der Waals surface area contributed by atoms with Gasteiger partial charge in [-0.25, -0.2) is 0 Å². The van der Waals surface area contributed by atoms with Gasteiger partial charge in [0.25, 0.3) is 0 Å². The van der Waals surface area contributed by atoms with Crippen LogP contribution in [0.1, 0.15) is 52.4 Å². The Morgan fingerprint density at radius 3 is 2.21 bits per heavy atom. The summed E-state index contributed by atoms with van der Waals surface area (Å²) < 4.78 is 38.8. The van der Waals surface area contributed by atoms with E-state index in [0.717, 1.165) is 0 Å². The predicted octanol–water partition coefficient (Wildman–Crippen LogP) is 2.74. The molecule has 6 heteroatoms. The van der Waals surface area contributed by atoms with Crippen molar-refractivity contribution >= 4 is 5.91 Å².